The fourth-order valence-corrected chi connectivity index (χ4v) is 4.54. The fraction of sp³-hybridized carbons (Fsp3) is 0.545. The fourth-order valence-electron chi connectivity index (χ4n) is 3.61. The third-order valence-electron chi connectivity index (χ3n) is 5.40. The van der Waals surface area contributed by atoms with Gasteiger partial charge in [-0.2, -0.15) is 0 Å². The number of morpholine rings is 1. The second kappa shape index (κ2) is 11.3. The zero-order chi connectivity index (χ0) is 22.2. The Labute approximate surface area is 186 Å². The highest BCUT2D eigenvalue weighted by molar-refractivity contribution is 7.99. The molecule has 3 rings (SSSR count). The molecule has 0 saturated carbocycles. The lowest BCUT2D eigenvalue weighted by atomic mass is 10.2. The van der Waals surface area contributed by atoms with E-state index in [1.54, 1.807) is 10.6 Å². The van der Waals surface area contributed by atoms with E-state index in [0.29, 0.717) is 55.1 Å². The standard InChI is InChI=1S/C22H30N4O4S/c1-2-16-14-25(12-13-30-16)20(28)15-31-22-24-18-9-6-5-8-17(18)21(29)26(22)11-7-3-4-10-19(23)27/h5-6,8-9,16H,2-4,7,10-15H2,1H3,(H2,23,27). The molecule has 0 radical (unpaired) electrons. The van der Waals surface area contributed by atoms with Crippen LogP contribution in [-0.4, -0.2) is 57.8 Å². The summed E-state index contributed by atoms with van der Waals surface area (Å²) in [6.07, 6.45) is 3.52. The highest BCUT2D eigenvalue weighted by Crippen LogP contribution is 2.20. The zero-order valence-corrected chi connectivity index (χ0v) is 18.7. The van der Waals surface area contributed by atoms with Gasteiger partial charge in [0.1, 0.15) is 0 Å². The molecule has 0 aliphatic carbocycles. The first-order chi connectivity index (χ1) is 15.0. The Balaban J connectivity index is 1.72. The molecular weight excluding hydrogens is 416 g/mol. The summed E-state index contributed by atoms with van der Waals surface area (Å²) in [6, 6.07) is 7.25. The van der Waals surface area contributed by atoms with Crippen LogP contribution in [-0.2, 0) is 20.9 Å². The molecule has 1 unspecified atom stereocenters. The Hall–Kier alpha value is -2.39. The Bertz CT molecular complexity index is 978. The summed E-state index contributed by atoms with van der Waals surface area (Å²) in [6.45, 7) is 4.29. The van der Waals surface area contributed by atoms with Crippen molar-refractivity contribution in [1.82, 2.24) is 14.5 Å². The van der Waals surface area contributed by atoms with Gasteiger partial charge in [-0.1, -0.05) is 37.2 Å². The maximum atomic E-state index is 13.1. The normalized spacial score (nSPS) is 16.5. The largest absolute Gasteiger partial charge is 0.375 e. The van der Waals surface area contributed by atoms with Gasteiger partial charge in [0.2, 0.25) is 11.8 Å². The van der Waals surface area contributed by atoms with Crippen LogP contribution in [0.3, 0.4) is 0 Å². The number of ether oxygens (including phenoxy) is 1. The van der Waals surface area contributed by atoms with E-state index >= 15 is 0 Å². The number of benzene rings is 1. The lowest BCUT2D eigenvalue weighted by Gasteiger charge is -2.32. The third-order valence-corrected chi connectivity index (χ3v) is 6.36. The number of carbonyl (C=O) groups is 2. The molecule has 1 aromatic carbocycles. The Morgan fingerprint density at radius 3 is 2.84 bits per heavy atom. The molecule has 1 aliphatic rings. The summed E-state index contributed by atoms with van der Waals surface area (Å²) in [5.74, 6) is -0.0574. The predicted octanol–water partition coefficient (Wildman–Crippen LogP) is 2.17. The lowest BCUT2D eigenvalue weighted by molar-refractivity contribution is -0.136. The molecule has 1 atom stereocenters. The van der Waals surface area contributed by atoms with Crippen LogP contribution < -0.4 is 11.3 Å². The van der Waals surface area contributed by atoms with Gasteiger partial charge < -0.3 is 15.4 Å². The first-order valence-electron chi connectivity index (χ1n) is 10.8. The van der Waals surface area contributed by atoms with Crippen LogP contribution in [0.15, 0.2) is 34.2 Å². The zero-order valence-electron chi connectivity index (χ0n) is 17.9. The van der Waals surface area contributed by atoms with Gasteiger partial charge >= 0.3 is 0 Å². The number of hydrogen-bond acceptors (Lipinski definition) is 6. The first-order valence-corrected chi connectivity index (χ1v) is 11.8. The second-order valence-electron chi connectivity index (χ2n) is 7.67. The number of unbranched alkanes of at least 4 members (excludes halogenated alkanes) is 2. The number of nitrogens with zero attached hydrogens (tertiary/aromatic N) is 3. The van der Waals surface area contributed by atoms with E-state index < -0.39 is 0 Å². The second-order valence-corrected chi connectivity index (χ2v) is 8.62. The summed E-state index contributed by atoms with van der Waals surface area (Å²) >= 11 is 1.30. The van der Waals surface area contributed by atoms with Gasteiger partial charge in [0.25, 0.3) is 5.56 Å². The number of aromatic nitrogens is 2. The highest BCUT2D eigenvalue weighted by atomic mass is 32.2. The van der Waals surface area contributed by atoms with E-state index in [1.165, 1.54) is 11.8 Å². The number of amides is 2. The molecule has 1 saturated heterocycles. The SMILES string of the molecule is CCC1CN(C(=O)CSc2nc3ccccc3c(=O)n2CCCCCC(N)=O)CCO1. The van der Waals surface area contributed by atoms with Crippen molar-refractivity contribution in [2.45, 2.75) is 56.8 Å². The van der Waals surface area contributed by atoms with E-state index in [2.05, 4.69) is 11.9 Å². The van der Waals surface area contributed by atoms with Gasteiger partial charge in [0, 0.05) is 26.1 Å². The molecule has 2 N–H and O–H groups in total. The minimum absolute atomic E-state index is 0.0298. The maximum absolute atomic E-state index is 13.1. The van der Waals surface area contributed by atoms with Crippen molar-refractivity contribution in [3.8, 4) is 0 Å². The Morgan fingerprint density at radius 1 is 1.26 bits per heavy atom. The average molecular weight is 447 g/mol. The van der Waals surface area contributed by atoms with E-state index in [9.17, 15) is 14.4 Å². The van der Waals surface area contributed by atoms with E-state index in [4.69, 9.17) is 10.5 Å². The molecular formula is C22H30N4O4S. The maximum Gasteiger partial charge on any atom is 0.262 e. The number of hydrogen-bond donors (Lipinski definition) is 1. The number of carbonyl (C=O) groups excluding carboxylic acids is 2. The van der Waals surface area contributed by atoms with Gasteiger partial charge in [-0.15, -0.1) is 0 Å². The first kappa shape index (κ1) is 23.3. The van der Waals surface area contributed by atoms with Crippen LogP contribution in [0.5, 0.6) is 0 Å². The van der Waals surface area contributed by atoms with E-state index in [0.717, 1.165) is 19.3 Å². The quantitative estimate of drug-likeness (QED) is 0.340. The minimum atomic E-state index is -0.312. The molecule has 0 bridgehead atoms. The van der Waals surface area contributed by atoms with Crippen molar-refractivity contribution < 1.29 is 14.3 Å². The number of para-hydroxylation sites is 1. The number of thioether (sulfide) groups is 1. The van der Waals surface area contributed by atoms with E-state index in [-0.39, 0.29) is 29.2 Å². The smallest absolute Gasteiger partial charge is 0.262 e. The summed E-state index contributed by atoms with van der Waals surface area (Å²) in [5.41, 5.74) is 5.72. The van der Waals surface area contributed by atoms with Crippen LogP contribution in [0.2, 0.25) is 0 Å². The van der Waals surface area contributed by atoms with Gasteiger partial charge in [-0.05, 0) is 31.4 Å². The van der Waals surface area contributed by atoms with Crippen molar-refractivity contribution in [3.63, 3.8) is 0 Å². The number of primary amides is 1. The van der Waals surface area contributed by atoms with Crippen molar-refractivity contribution in [2.75, 3.05) is 25.4 Å². The molecule has 168 valence electrons. The number of rotatable bonds is 10. The van der Waals surface area contributed by atoms with Crippen LogP contribution >= 0.6 is 11.8 Å². The third kappa shape index (κ3) is 6.30. The summed E-state index contributed by atoms with van der Waals surface area (Å²) in [7, 11) is 0. The summed E-state index contributed by atoms with van der Waals surface area (Å²) < 4.78 is 7.30. The molecule has 1 aliphatic heterocycles. The topological polar surface area (TPSA) is 108 Å². The van der Waals surface area contributed by atoms with Crippen LogP contribution in [0.1, 0.15) is 39.0 Å². The van der Waals surface area contributed by atoms with Gasteiger partial charge in [0.15, 0.2) is 5.16 Å². The van der Waals surface area contributed by atoms with Gasteiger partial charge in [-0.25, -0.2) is 4.98 Å². The molecule has 8 nitrogen and oxygen atoms in total. The van der Waals surface area contributed by atoms with Crippen molar-refractivity contribution in [1.29, 1.82) is 0 Å². The summed E-state index contributed by atoms with van der Waals surface area (Å²) in [4.78, 5) is 43.2. The van der Waals surface area contributed by atoms with Gasteiger partial charge in [-0.3, -0.25) is 19.0 Å². The highest BCUT2D eigenvalue weighted by Gasteiger charge is 2.23. The lowest BCUT2D eigenvalue weighted by Crippen LogP contribution is -2.46. The molecule has 2 aromatic rings. The monoisotopic (exact) mass is 446 g/mol. The Kier molecular flexibility index (Phi) is 8.48. The van der Waals surface area contributed by atoms with Crippen molar-refractivity contribution >= 4 is 34.5 Å². The molecule has 1 fully saturated rings. The Morgan fingerprint density at radius 2 is 2.06 bits per heavy atom. The van der Waals surface area contributed by atoms with Crippen molar-refractivity contribution in [2.24, 2.45) is 5.73 Å². The predicted molar refractivity (Wildman–Crippen MR) is 121 cm³/mol. The molecule has 2 heterocycles. The van der Waals surface area contributed by atoms with E-state index in [1.807, 2.05) is 23.1 Å². The minimum Gasteiger partial charge on any atom is -0.375 e. The summed E-state index contributed by atoms with van der Waals surface area (Å²) in [5, 5.41) is 1.11. The average Bonchev–Trinajstić information content (AvgIpc) is 2.78. The number of fused-ring (bicyclic) bond motifs is 1. The van der Waals surface area contributed by atoms with Crippen LogP contribution in [0, 0.1) is 0 Å². The molecule has 2 amide bonds. The van der Waals surface area contributed by atoms with Crippen molar-refractivity contribution in [3.05, 3.63) is 34.6 Å². The molecule has 31 heavy (non-hydrogen) atoms. The van der Waals surface area contributed by atoms with Crippen LogP contribution in [0.25, 0.3) is 10.9 Å². The molecule has 1 aromatic heterocycles. The van der Waals surface area contributed by atoms with Crippen LogP contribution in [0.4, 0.5) is 0 Å². The molecule has 9 heteroatoms. The number of nitrogens with two attached hydrogens (primary N) is 1. The molecule has 0 spiro atoms. The van der Waals surface area contributed by atoms with Gasteiger partial charge in [0.05, 0.1) is 29.4 Å².